The Labute approximate surface area is 81.2 Å². The molecule has 76 valence electrons. The fourth-order valence-electron chi connectivity index (χ4n) is 2.31. The van der Waals surface area contributed by atoms with Crippen molar-refractivity contribution in [2.45, 2.75) is 38.3 Å². The molecule has 0 aliphatic carbocycles. The number of hydrogen-bond acceptors (Lipinski definition) is 1. The number of quaternary nitrogens is 1. The summed E-state index contributed by atoms with van der Waals surface area (Å²) in [4.78, 5) is 1.53. The molecule has 0 aromatic carbocycles. The Balaban J connectivity index is 2.69. The first-order valence-corrected chi connectivity index (χ1v) is 5.15. The molecule has 1 aliphatic rings. The summed E-state index contributed by atoms with van der Waals surface area (Å²) < 4.78 is 0. The molecule has 2 heteroatoms. The molecule has 1 aliphatic heterocycles. The molecule has 1 unspecified atom stereocenters. The van der Waals surface area contributed by atoms with Crippen LogP contribution in [0, 0.1) is 5.92 Å². The maximum absolute atomic E-state index is 10.3. The maximum atomic E-state index is 10.3. The number of piperidine rings is 1. The highest BCUT2D eigenvalue weighted by molar-refractivity contribution is 4.93. The molecular formula is C11H22NO+. The monoisotopic (exact) mass is 184 g/mol. The van der Waals surface area contributed by atoms with Gasteiger partial charge in [-0.3, -0.25) is 0 Å². The molecule has 0 amide bonds. The minimum absolute atomic E-state index is 0.377. The van der Waals surface area contributed by atoms with E-state index in [0.29, 0.717) is 12.0 Å². The van der Waals surface area contributed by atoms with E-state index in [1.54, 1.807) is 0 Å². The van der Waals surface area contributed by atoms with Crippen LogP contribution in [0.1, 0.15) is 26.7 Å². The molecule has 1 fully saturated rings. The van der Waals surface area contributed by atoms with Gasteiger partial charge < -0.3 is 10.0 Å². The van der Waals surface area contributed by atoms with Crippen molar-refractivity contribution in [2.75, 3.05) is 13.6 Å². The van der Waals surface area contributed by atoms with Gasteiger partial charge in [-0.2, -0.15) is 0 Å². The van der Waals surface area contributed by atoms with Gasteiger partial charge >= 0.3 is 0 Å². The average molecular weight is 184 g/mol. The third kappa shape index (κ3) is 2.12. The second-order valence-corrected chi connectivity index (χ2v) is 4.65. The van der Waals surface area contributed by atoms with Crippen molar-refractivity contribution in [1.29, 1.82) is 0 Å². The van der Waals surface area contributed by atoms with Gasteiger partial charge in [0.2, 0.25) is 0 Å². The molecule has 4 atom stereocenters. The predicted molar refractivity (Wildman–Crippen MR) is 54.8 cm³/mol. The van der Waals surface area contributed by atoms with Gasteiger partial charge in [-0.05, 0) is 13.3 Å². The number of likely N-dealkylation sites (tertiary alicyclic amines) is 1. The van der Waals surface area contributed by atoms with Gasteiger partial charge in [0.15, 0.2) is 0 Å². The summed E-state index contributed by atoms with van der Waals surface area (Å²) in [7, 11) is 2.20. The highest BCUT2D eigenvalue weighted by Gasteiger charge is 2.42. The molecule has 1 heterocycles. The van der Waals surface area contributed by atoms with Crippen molar-refractivity contribution in [3.63, 3.8) is 0 Å². The minimum atomic E-state index is -0.499. The topological polar surface area (TPSA) is 24.7 Å². The highest BCUT2D eigenvalue weighted by Crippen LogP contribution is 2.28. The summed E-state index contributed by atoms with van der Waals surface area (Å²) in [6, 6.07) is 0.557. The summed E-state index contributed by atoms with van der Waals surface area (Å²) in [5, 5.41) is 10.3. The van der Waals surface area contributed by atoms with Crippen molar-refractivity contribution in [3.05, 3.63) is 12.7 Å². The third-order valence-electron chi connectivity index (χ3n) is 3.54. The van der Waals surface area contributed by atoms with E-state index >= 15 is 0 Å². The average Bonchev–Trinajstić information content (AvgIpc) is 2.02. The van der Waals surface area contributed by atoms with Crippen molar-refractivity contribution < 1.29 is 10.0 Å². The molecule has 2 nitrogen and oxygen atoms in total. The Morgan fingerprint density at radius 3 is 2.77 bits per heavy atom. The number of rotatable bonds is 2. The van der Waals surface area contributed by atoms with Gasteiger partial charge in [0.1, 0.15) is 0 Å². The molecule has 13 heavy (non-hydrogen) atoms. The SMILES string of the molecule is C=CC[C@]1(O)C[C@H](C)[NH+](C)C[C@H]1C. The second-order valence-electron chi connectivity index (χ2n) is 4.65. The Morgan fingerprint density at radius 2 is 2.23 bits per heavy atom. The van der Waals surface area contributed by atoms with E-state index in [4.69, 9.17) is 0 Å². The van der Waals surface area contributed by atoms with E-state index in [9.17, 15) is 5.11 Å². The highest BCUT2D eigenvalue weighted by atomic mass is 16.3. The summed E-state index contributed by atoms with van der Waals surface area (Å²) >= 11 is 0. The van der Waals surface area contributed by atoms with Crippen LogP contribution in [0.2, 0.25) is 0 Å². The molecule has 0 aromatic rings. The van der Waals surface area contributed by atoms with Gasteiger partial charge in [-0.25, -0.2) is 0 Å². The van der Waals surface area contributed by atoms with Crippen LogP contribution in [0.25, 0.3) is 0 Å². The fraction of sp³-hybridized carbons (Fsp3) is 0.818. The van der Waals surface area contributed by atoms with E-state index in [2.05, 4.69) is 27.5 Å². The standard InChI is InChI=1S/C11H21NO/c1-5-6-11(13)7-10(3)12(4)8-9(11)2/h5,9-10,13H,1,6-8H2,2-4H3/p+1/t9-,10+,11+/m1/s1. The third-order valence-corrected chi connectivity index (χ3v) is 3.54. The van der Waals surface area contributed by atoms with Crippen molar-refractivity contribution in [3.8, 4) is 0 Å². The molecule has 1 saturated heterocycles. The molecular weight excluding hydrogens is 162 g/mol. The van der Waals surface area contributed by atoms with E-state index in [1.165, 1.54) is 4.90 Å². The van der Waals surface area contributed by atoms with Gasteiger partial charge in [0.05, 0.1) is 25.2 Å². The molecule has 0 radical (unpaired) electrons. The Kier molecular flexibility index (Phi) is 3.14. The summed E-state index contributed by atoms with van der Waals surface area (Å²) in [5.41, 5.74) is -0.499. The zero-order valence-electron chi connectivity index (χ0n) is 9.01. The number of aliphatic hydroxyl groups is 1. The lowest BCUT2D eigenvalue weighted by Gasteiger charge is -2.42. The lowest BCUT2D eigenvalue weighted by Crippen LogP contribution is -3.15. The molecule has 2 N–H and O–H groups in total. The number of nitrogens with one attached hydrogen (secondary N) is 1. The molecule has 0 spiro atoms. The Hall–Kier alpha value is -0.340. The van der Waals surface area contributed by atoms with E-state index < -0.39 is 5.60 Å². The van der Waals surface area contributed by atoms with Crippen molar-refractivity contribution in [2.24, 2.45) is 5.92 Å². The van der Waals surface area contributed by atoms with E-state index in [1.807, 2.05) is 6.08 Å². The Morgan fingerprint density at radius 1 is 1.62 bits per heavy atom. The Bertz CT molecular complexity index is 193. The van der Waals surface area contributed by atoms with E-state index in [0.717, 1.165) is 19.4 Å². The van der Waals surface area contributed by atoms with Crippen LogP contribution in [0.5, 0.6) is 0 Å². The first-order chi connectivity index (χ1) is 5.99. The quantitative estimate of drug-likeness (QED) is 0.590. The molecule has 0 bridgehead atoms. The van der Waals surface area contributed by atoms with Crippen LogP contribution < -0.4 is 4.90 Å². The predicted octanol–water partition coefficient (Wildman–Crippen LogP) is 0.237. The van der Waals surface area contributed by atoms with Gasteiger partial charge in [0, 0.05) is 12.3 Å². The first-order valence-electron chi connectivity index (χ1n) is 5.15. The lowest BCUT2D eigenvalue weighted by atomic mass is 9.77. The molecule has 0 aromatic heterocycles. The van der Waals surface area contributed by atoms with E-state index in [-0.39, 0.29) is 0 Å². The van der Waals surface area contributed by atoms with Gasteiger partial charge in [-0.1, -0.05) is 13.0 Å². The fourth-order valence-corrected chi connectivity index (χ4v) is 2.31. The van der Waals surface area contributed by atoms with Crippen molar-refractivity contribution >= 4 is 0 Å². The summed E-state index contributed by atoms with van der Waals surface area (Å²) in [5.74, 6) is 0.377. The number of hydrogen-bond donors (Lipinski definition) is 2. The first kappa shape index (κ1) is 10.7. The molecule has 0 saturated carbocycles. The van der Waals surface area contributed by atoms with Crippen LogP contribution in [0.3, 0.4) is 0 Å². The van der Waals surface area contributed by atoms with Gasteiger partial charge in [-0.15, -0.1) is 6.58 Å². The maximum Gasteiger partial charge on any atom is 0.0872 e. The second kappa shape index (κ2) is 3.81. The summed E-state index contributed by atoms with van der Waals surface area (Å²) in [6.07, 6.45) is 3.46. The zero-order valence-corrected chi connectivity index (χ0v) is 9.01. The summed E-state index contributed by atoms with van der Waals surface area (Å²) in [6.45, 7) is 9.11. The van der Waals surface area contributed by atoms with Crippen LogP contribution in [0.4, 0.5) is 0 Å². The lowest BCUT2D eigenvalue weighted by molar-refractivity contribution is -0.916. The van der Waals surface area contributed by atoms with Gasteiger partial charge in [0.25, 0.3) is 0 Å². The van der Waals surface area contributed by atoms with Crippen LogP contribution in [-0.2, 0) is 0 Å². The van der Waals surface area contributed by atoms with Crippen LogP contribution in [-0.4, -0.2) is 30.3 Å². The van der Waals surface area contributed by atoms with Crippen LogP contribution in [0.15, 0.2) is 12.7 Å². The normalized spacial score (nSPS) is 46.0. The minimum Gasteiger partial charge on any atom is -0.389 e. The zero-order chi connectivity index (χ0) is 10.1. The van der Waals surface area contributed by atoms with Crippen LogP contribution >= 0.6 is 0 Å². The largest absolute Gasteiger partial charge is 0.389 e. The van der Waals surface area contributed by atoms with Crippen molar-refractivity contribution in [1.82, 2.24) is 0 Å². The molecule has 1 rings (SSSR count). The smallest absolute Gasteiger partial charge is 0.0872 e.